The van der Waals surface area contributed by atoms with E-state index in [1.165, 1.54) is 0 Å². The number of anilines is 1. The first-order valence-electron chi connectivity index (χ1n) is 6.26. The van der Waals surface area contributed by atoms with Crippen LogP contribution in [-0.2, 0) is 10.0 Å². The molecule has 0 saturated carbocycles. The highest BCUT2D eigenvalue weighted by Gasteiger charge is 2.22. The maximum absolute atomic E-state index is 13.2. The number of halogens is 2. The molecule has 2 N–H and O–H groups in total. The van der Waals surface area contributed by atoms with Crippen LogP contribution in [0, 0.1) is 12.7 Å². The minimum absolute atomic E-state index is 0.134. The van der Waals surface area contributed by atoms with Gasteiger partial charge in [0.05, 0.1) is 21.8 Å². The molecule has 0 aliphatic rings. The molecule has 5 nitrogen and oxygen atoms in total. The predicted molar refractivity (Wildman–Crippen MR) is 82.9 cm³/mol. The second-order valence-corrected chi connectivity index (χ2v) is 6.98. The molecule has 0 atom stereocenters. The van der Waals surface area contributed by atoms with Crippen molar-refractivity contribution in [1.82, 2.24) is 9.19 Å². The Morgan fingerprint density at radius 1 is 1.23 bits per heavy atom. The lowest BCUT2D eigenvalue weighted by atomic mass is 10.2. The molecule has 0 amide bonds. The normalized spacial score (nSPS) is 12.0. The summed E-state index contributed by atoms with van der Waals surface area (Å²) in [5.74, 6) is -0.674. The van der Waals surface area contributed by atoms with Crippen LogP contribution in [0.4, 0.5) is 10.1 Å². The van der Waals surface area contributed by atoms with E-state index in [-0.39, 0.29) is 10.6 Å². The van der Waals surface area contributed by atoms with Crippen molar-refractivity contribution in [3.8, 4) is 0 Å². The lowest BCUT2D eigenvalue weighted by molar-refractivity contribution is 0.581. The van der Waals surface area contributed by atoms with Gasteiger partial charge < -0.3 is 5.73 Å². The summed E-state index contributed by atoms with van der Waals surface area (Å²) in [7, 11) is -3.98. The van der Waals surface area contributed by atoms with Crippen LogP contribution in [0.2, 0.25) is 5.02 Å². The zero-order valence-electron chi connectivity index (χ0n) is 11.4. The van der Waals surface area contributed by atoms with Gasteiger partial charge >= 0.3 is 0 Å². The average Bonchev–Trinajstić information content (AvgIpc) is 2.79. The van der Waals surface area contributed by atoms with Gasteiger partial charge in [0.1, 0.15) is 5.82 Å². The number of hydrogen-bond donors (Lipinski definition) is 1. The number of aryl methyl sites for hydroxylation is 1. The SMILES string of the molecule is Cc1nn(S(=O)(=O)c2ccc(F)c(N)c2)c2ccc(Cl)cc12. The van der Waals surface area contributed by atoms with E-state index in [4.69, 9.17) is 17.3 Å². The highest BCUT2D eigenvalue weighted by Crippen LogP contribution is 2.26. The standard InChI is InChI=1S/C14H11ClFN3O2S/c1-8-11-6-9(15)2-5-14(11)19(18-8)22(20,21)10-3-4-12(16)13(17)7-10/h2-7H,17H2,1H3. The van der Waals surface area contributed by atoms with Gasteiger partial charge in [0.25, 0.3) is 10.0 Å². The van der Waals surface area contributed by atoms with Crippen molar-refractivity contribution in [3.05, 3.63) is 52.9 Å². The van der Waals surface area contributed by atoms with Gasteiger partial charge in [0.2, 0.25) is 0 Å². The summed E-state index contributed by atoms with van der Waals surface area (Å²) in [6, 6.07) is 8.03. The number of nitrogen functional groups attached to an aromatic ring is 1. The summed E-state index contributed by atoms with van der Waals surface area (Å²) >= 11 is 5.92. The molecule has 0 spiro atoms. The van der Waals surface area contributed by atoms with E-state index in [1.807, 2.05) is 0 Å². The predicted octanol–water partition coefficient (Wildman–Crippen LogP) is 2.96. The summed E-state index contributed by atoms with van der Waals surface area (Å²) in [6.45, 7) is 1.68. The van der Waals surface area contributed by atoms with Gasteiger partial charge in [0.15, 0.2) is 0 Å². The molecule has 0 saturated heterocycles. The lowest BCUT2D eigenvalue weighted by Gasteiger charge is -2.07. The number of nitrogens with two attached hydrogens (primary N) is 1. The molecule has 8 heteroatoms. The summed E-state index contributed by atoms with van der Waals surface area (Å²) < 4.78 is 39.5. The van der Waals surface area contributed by atoms with Crippen LogP contribution < -0.4 is 5.73 Å². The maximum atomic E-state index is 13.2. The van der Waals surface area contributed by atoms with Crippen LogP contribution in [0.15, 0.2) is 41.3 Å². The summed E-state index contributed by atoms with van der Waals surface area (Å²) in [5, 5.41) is 5.18. The van der Waals surface area contributed by atoms with Crippen molar-refractivity contribution >= 4 is 38.2 Å². The molecule has 114 valence electrons. The number of aromatic nitrogens is 2. The number of hydrogen-bond acceptors (Lipinski definition) is 4. The van der Waals surface area contributed by atoms with Crippen molar-refractivity contribution in [1.29, 1.82) is 0 Å². The van der Waals surface area contributed by atoms with Crippen molar-refractivity contribution in [2.45, 2.75) is 11.8 Å². The van der Waals surface area contributed by atoms with E-state index in [0.717, 1.165) is 22.3 Å². The van der Waals surface area contributed by atoms with Gasteiger partial charge in [-0.2, -0.15) is 17.6 Å². The van der Waals surface area contributed by atoms with Gasteiger partial charge in [-0.3, -0.25) is 0 Å². The van der Waals surface area contributed by atoms with E-state index in [0.29, 0.717) is 21.6 Å². The largest absolute Gasteiger partial charge is 0.396 e. The number of benzene rings is 2. The molecule has 2 aromatic carbocycles. The molecule has 22 heavy (non-hydrogen) atoms. The average molecular weight is 340 g/mol. The van der Waals surface area contributed by atoms with Gasteiger partial charge in [-0.1, -0.05) is 11.6 Å². The van der Waals surface area contributed by atoms with E-state index in [9.17, 15) is 12.8 Å². The highest BCUT2D eigenvalue weighted by atomic mass is 35.5. The van der Waals surface area contributed by atoms with Gasteiger partial charge in [-0.05, 0) is 43.3 Å². The Balaban J connectivity index is 2.27. The first kappa shape index (κ1) is 14.8. The molecule has 0 bridgehead atoms. The van der Waals surface area contributed by atoms with E-state index in [2.05, 4.69) is 5.10 Å². The Morgan fingerprint density at radius 2 is 1.95 bits per heavy atom. The van der Waals surface area contributed by atoms with Crippen LogP contribution >= 0.6 is 11.6 Å². The molecule has 0 unspecified atom stereocenters. The van der Waals surface area contributed by atoms with Crippen LogP contribution in [0.25, 0.3) is 10.9 Å². The fraction of sp³-hybridized carbons (Fsp3) is 0.0714. The minimum atomic E-state index is -3.98. The Morgan fingerprint density at radius 3 is 2.64 bits per heavy atom. The monoisotopic (exact) mass is 339 g/mol. The molecule has 1 aromatic heterocycles. The Hall–Kier alpha value is -2.12. The highest BCUT2D eigenvalue weighted by molar-refractivity contribution is 7.90. The molecule has 3 rings (SSSR count). The molecule has 1 heterocycles. The third-order valence-corrected chi connectivity index (χ3v) is 5.11. The Kier molecular flexibility index (Phi) is 3.34. The molecule has 0 fully saturated rings. The van der Waals surface area contributed by atoms with Crippen molar-refractivity contribution in [3.63, 3.8) is 0 Å². The van der Waals surface area contributed by atoms with E-state index in [1.54, 1.807) is 25.1 Å². The Bertz CT molecular complexity index is 999. The molecule has 0 aliphatic heterocycles. The lowest BCUT2D eigenvalue weighted by Crippen LogP contribution is -2.15. The second-order valence-electron chi connectivity index (χ2n) is 4.78. The number of rotatable bonds is 2. The number of nitrogens with zero attached hydrogens (tertiary/aromatic N) is 2. The van der Waals surface area contributed by atoms with E-state index >= 15 is 0 Å². The van der Waals surface area contributed by atoms with Gasteiger partial charge in [-0.25, -0.2) is 4.39 Å². The number of fused-ring (bicyclic) bond motifs is 1. The molecular weight excluding hydrogens is 329 g/mol. The zero-order valence-corrected chi connectivity index (χ0v) is 13.0. The molecule has 3 aromatic rings. The molecule has 0 radical (unpaired) electrons. The summed E-state index contributed by atoms with van der Waals surface area (Å²) in [5.41, 5.74) is 6.13. The molecule has 0 aliphatic carbocycles. The fourth-order valence-corrected chi connectivity index (χ4v) is 3.71. The van der Waals surface area contributed by atoms with Crippen molar-refractivity contribution < 1.29 is 12.8 Å². The van der Waals surface area contributed by atoms with Crippen LogP contribution in [-0.4, -0.2) is 17.6 Å². The fourth-order valence-electron chi connectivity index (χ4n) is 2.17. The molecular formula is C14H11ClFN3O2S. The van der Waals surface area contributed by atoms with E-state index < -0.39 is 15.8 Å². The first-order valence-corrected chi connectivity index (χ1v) is 8.08. The summed E-state index contributed by atoms with van der Waals surface area (Å²) in [6.07, 6.45) is 0. The quantitative estimate of drug-likeness (QED) is 0.728. The Labute approximate surface area is 131 Å². The first-order chi connectivity index (χ1) is 10.3. The van der Waals surface area contributed by atoms with Crippen molar-refractivity contribution in [2.24, 2.45) is 0 Å². The zero-order chi connectivity index (χ0) is 16.1. The van der Waals surface area contributed by atoms with Crippen LogP contribution in [0.3, 0.4) is 0 Å². The maximum Gasteiger partial charge on any atom is 0.283 e. The smallest absolute Gasteiger partial charge is 0.283 e. The third kappa shape index (κ3) is 2.22. The van der Waals surface area contributed by atoms with Crippen LogP contribution in [0.1, 0.15) is 5.69 Å². The second kappa shape index (κ2) is 4.96. The summed E-state index contributed by atoms with van der Waals surface area (Å²) in [4.78, 5) is -0.134. The van der Waals surface area contributed by atoms with Gasteiger partial charge in [0, 0.05) is 10.4 Å². The topological polar surface area (TPSA) is 78.0 Å². The van der Waals surface area contributed by atoms with Gasteiger partial charge in [-0.15, -0.1) is 0 Å². The third-order valence-electron chi connectivity index (χ3n) is 3.29. The van der Waals surface area contributed by atoms with Crippen LogP contribution in [0.5, 0.6) is 0 Å². The minimum Gasteiger partial charge on any atom is -0.396 e. The van der Waals surface area contributed by atoms with Crippen molar-refractivity contribution in [2.75, 3.05) is 5.73 Å².